The van der Waals surface area contributed by atoms with Gasteiger partial charge in [-0.3, -0.25) is 19.1 Å². The molecule has 11 fully saturated rings. The monoisotopic (exact) mass is 1700 g/mol. The van der Waals surface area contributed by atoms with E-state index in [0.717, 1.165) is 141 Å². The highest BCUT2D eigenvalue weighted by Crippen LogP contribution is 2.49. The number of phenols is 2. The van der Waals surface area contributed by atoms with Gasteiger partial charge in [-0.1, -0.05) is 78.4 Å². The summed E-state index contributed by atoms with van der Waals surface area (Å²) in [5.74, 6) is 21.6. The predicted octanol–water partition coefficient (Wildman–Crippen LogP) is 8.32. The molecule has 17 heterocycles. The average molecular weight is 1700 g/mol. The number of nitrogens with zero attached hydrogens (tertiary/aromatic N) is 18. The van der Waals surface area contributed by atoms with Crippen LogP contribution in [0.5, 0.6) is 17.2 Å². The lowest BCUT2D eigenvalue weighted by molar-refractivity contribution is -0.106. The number of sulfone groups is 1. The minimum absolute atomic E-state index is 0.0488. The van der Waals surface area contributed by atoms with E-state index in [-0.39, 0.29) is 71.8 Å². The van der Waals surface area contributed by atoms with E-state index in [1.165, 1.54) is 0 Å². The number of nitrogens with two attached hydrogens (primary N) is 3. The van der Waals surface area contributed by atoms with Crippen molar-refractivity contribution in [3.63, 3.8) is 0 Å². The number of ether oxygens (including phenoxy) is 2. The number of phenolic OH excluding ortho intramolecular Hbond substituents is 2. The Morgan fingerprint density at radius 3 is 1.42 bits per heavy atom. The van der Waals surface area contributed by atoms with Gasteiger partial charge < -0.3 is 71.4 Å². The average Bonchev–Trinajstić information content (AvgIpc) is 1.59. The SMILES string of the molecule is Nc1nnc(-c2ccccc2O)cc1N1CC2CCC(C1)N2c1ccnc(C#CCN2CC(CO)(c3cccc(-c4cccc(-c5cc(N6CC7CCC(C6)N7c6ccnc(C#CCN7CC8(CC(Oc9ccccc9-c9cc(N%10CC%11CCC(C%10)N%11c%10ccnc(C#CCN%11CC%12(C%11)C(CF)CCS%12(=O)=O)c%10)c(N)nn9)CO8)C7)c6)c(N)nn5)c4O)c3)C2)c1. The van der Waals surface area contributed by atoms with Crippen molar-refractivity contribution in [2.24, 2.45) is 5.92 Å². The van der Waals surface area contributed by atoms with Crippen LogP contribution in [0.2, 0.25) is 0 Å². The third-order valence-electron chi connectivity index (χ3n) is 28.1. The number of likely N-dealkylation sites (tertiary alicyclic amines) is 3. The Labute approximate surface area is 725 Å². The molecular weight excluding hydrogens is 1600 g/mol. The highest BCUT2D eigenvalue weighted by atomic mass is 32.2. The van der Waals surface area contributed by atoms with Crippen LogP contribution in [-0.2, 0) is 20.0 Å². The summed E-state index contributed by atoms with van der Waals surface area (Å²) in [5, 5.41) is 60.6. The van der Waals surface area contributed by atoms with Gasteiger partial charge in [0.05, 0.1) is 85.0 Å². The summed E-state index contributed by atoms with van der Waals surface area (Å²) in [4.78, 5) is 34.9. The van der Waals surface area contributed by atoms with Gasteiger partial charge in [-0.05, 0) is 159 Å². The lowest BCUT2D eigenvalue weighted by Gasteiger charge is -2.49. The van der Waals surface area contributed by atoms with Crippen molar-refractivity contribution in [1.29, 1.82) is 0 Å². The number of nitrogen functional groups attached to an aromatic ring is 3. The molecule has 8 unspecified atom stereocenters. The van der Waals surface area contributed by atoms with E-state index in [1.54, 1.807) is 18.3 Å². The van der Waals surface area contributed by atoms with Gasteiger partial charge in [0.1, 0.15) is 45.2 Å². The summed E-state index contributed by atoms with van der Waals surface area (Å²) in [6.45, 7) is 9.10. The summed E-state index contributed by atoms with van der Waals surface area (Å²) in [5.41, 5.74) is 32.9. The molecule has 30 heteroatoms. The van der Waals surface area contributed by atoms with Gasteiger partial charge in [-0.2, -0.15) is 0 Å². The molecule has 10 aromatic rings. The van der Waals surface area contributed by atoms with Gasteiger partial charge in [0.15, 0.2) is 27.3 Å². The van der Waals surface area contributed by atoms with Crippen LogP contribution in [-0.4, -0.2) is 260 Å². The van der Waals surface area contributed by atoms with Crippen LogP contribution >= 0.6 is 0 Å². The number of para-hydroxylation sites is 3. The first kappa shape index (κ1) is 79.7. The molecule has 6 bridgehead atoms. The third kappa shape index (κ3) is 14.8. The first-order valence-electron chi connectivity index (χ1n) is 43.4. The van der Waals surface area contributed by atoms with Crippen LogP contribution in [0.4, 0.5) is 56.0 Å². The lowest BCUT2D eigenvalue weighted by atomic mass is 9.73. The van der Waals surface area contributed by atoms with E-state index < -0.39 is 32.6 Å². The normalized spacial score (nSPS) is 24.1. The fourth-order valence-corrected chi connectivity index (χ4v) is 24.4. The van der Waals surface area contributed by atoms with Gasteiger partial charge in [-0.25, -0.2) is 23.4 Å². The quantitative estimate of drug-likeness (QED) is 0.0440. The van der Waals surface area contributed by atoms with Crippen molar-refractivity contribution in [2.45, 2.75) is 109 Å². The molecule has 125 heavy (non-hydrogen) atoms. The van der Waals surface area contributed by atoms with Crippen molar-refractivity contribution in [2.75, 3.05) is 170 Å². The highest BCUT2D eigenvalue weighted by molar-refractivity contribution is 7.93. The van der Waals surface area contributed by atoms with Crippen molar-refractivity contribution >= 4 is 61.4 Å². The van der Waals surface area contributed by atoms with E-state index in [1.807, 2.05) is 114 Å². The lowest BCUT2D eigenvalue weighted by Crippen LogP contribution is -2.67. The Hall–Kier alpha value is -12.5. The minimum atomic E-state index is -3.32. The first-order chi connectivity index (χ1) is 60.9. The number of hydrogen-bond acceptors (Lipinski definition) is 28. The summed E-state index contributed by atoms with van der Waals surface area (Å²) < 4.78 is 51.9. The Balaban J connectivity index is 0.409. The molecule has 0 aliphatic carbocycles. The Morgan fingerprint density at radius 2 is 0.928 bits per heavy atom. The molecular formula is C95H98FN21O7S. The fourth-order valence-electron chi connectivity index (χ4n) is 22.0. The third-order valence-corrected chi connectivity index (χ3v) is 30.7. The number of benzene rings is 4. The van der Waals surface area contributed by atoms with E-state index in [9.17, 15) is 28.1 Å². The van der Waals surface area contributed by atoms with Crippen LogP contribution in [0, 0.1) is 41.4 Å². The van der Waals surface area contributed by atoms with E-state index in [4.69, 9.17) is 31.7 Å². The molecule has 21 rings (SSSR count). The Bertz CT molecular complexity index is 6130. The van der Waals surface area contributed by atoms with E-state index in [0.29, 0.717) is 140 Å². The maximum absolute atomic E-state index is 13.8. The summed E-state index contributed by atoms with van der Waals surface area (Å²) in [6.07, 6.45) is 12.6. The number of rotatable bonds is 18. The summed E-state index contributed by atoms with van der Waals surface area (Å²) in [6, 6.07) is 48.6. The fraction of sp³-hybridized carbons (Fsp3) is 0.400. The van der Waals surface area contributed by atoms with Gasteiger partial charge in [0.2, 0.25) is 0 Å². The van der Waals surface area contributed by atoms with Gasteiger partial charge >= 0.3 is 0 Å². The second-order valence-corrected chi connectivity index (χ2v) is 38.3. The molecule has 0 amide bonds. The number of alkyl halides is 1. The number of aliphatic hydroxyl groups is 1. The topological polar surface area (TPSA) is 337 Å². The summed E-state index contributed by atoms with van der Waals surface area (Å²) in [7, 11) is -3.32. The number of fused-ring (bicyclic) bond motifs is 6. The molecule has 6 aromatic heterocycles. The zero-order chi connectivity index (χ0) is 84.9. The van der Waals surface area contributed by atoms with Crippen molar-refractivity contribution in [1.82, 2.24) is 60.2 Å². The summed E-state index contributed by atoms with van der Waals surface area (Å²) >= 11 is 0. The standard InChI is InChI=1S/C95H98FN21O7S/c96-46-63-30-37-125(121,122)95(63)58-111(59-95)36-9-14-66-41-69(29-33-102-66)116-72-23-24-73(116)50-113(49-72)85-43-82(104-107-91(85)98)79-16-2-4-20-88(79)124-76-45-94(123-53-76)56-110(57-94)35-8-13-65-40-68(28-32-101-65)117-74-25-26-75(117)52-114(51-74)86-44-83(105-108-92(86)99)80-18-6-17-77(89(80)120)61-10-5-11-62(38-61)93(60-118)54-109(55-93)34-7-12-64-39-67(27-31-100-64)115-70-21-22-71(115)48-112(47-70)84-42-81(103-106-90(84)97)78-15-1-3-19-87(78)119/h1-6,10-11,15-20,27-29,31-33,38-44,63,70-76,118-120H,21-26,30,34-37,45-60H2,(H2,97,106)(H2,98,107)(H2,99,108). The molecule has 11 aliphatic rings. The van der Waals surface area contributed by atoms with E-state index in [2.05, 4.69) is 152 Å². The maximum Gasteiger partial charge on any atom is 0.169 e. The van der Waals surface area contributed by atoms with Crippen LogP contribution in [0.15, 0.2) is 164 Å². The zero-order valence-electron chi connectivity index (χ0n) is 69.3. The molecule has 11 saturated heterocycles. The molecule has 0 radical (unpaired) electrons. The van der Waals surface area contributed by atoms with Crippen LogP contribution in [0.1, 0.15) is 74.0 Å². The molecule has 0 saturated carbocycles. The largest absolute Gasteiger partial charge is 0.507 e. The number of halogens is 1. The smallest absolute Gasteiger partial charge is 0.169 e. The predicted molar refractivity (Wildman–Crippen MR) is 479 cm³/mol. The number of piperazine rings is 3. The molecule has 638 valence electrons. The number of aromatic hydroxyl groups is 2. The van der Waals surface area contributed by atoms with E-state index >= 15 is 0 Å². The maximum atomic E-state index is 13.8. The first-order valence-corrected chi connectivity index (χ1v) is 45.1. The second kappa shape index (κ2) is 32.3. The molecule has 8 atom stereocenters. The van der Waals surface area contributed by atoms with Crippen molar-refractivity contribution in [3.8, 4) is 97.7 Å². The Kier molecular flexibility index (Phi) is 20.6. The van der Waals surface area contributed by atoms with Gasteiger partial charge in [0, 0.05) is 190 Å². The second-order valence-electron chi connectivity index (χ2n) is 35.8. The van der Waals surface area contributed by atoms with Gasteiger partial charge in [0.25, 0.3) is 0 Å². The van der Waals surface area contributed by atoms with Gasteiger partial charge in [-0.15, -0.1) is 30.6 Å². The molecule has 11 aliphatic heterocycles. The van der Waals surface area contributed by atoms with Crippen LogP contribution in [0.3, 0.4) is 0 Å². The molecule has 2 spiro atoms. The highest BCUT2D eigenvalue weighted by Gasteiger charge is 2.61. The van der Waals surface area contributed by atoms with Crippen LogP contribution < -0.4 is 51.3 Å². The van der Waals surface area contributed by atoms with Crippen molar-refractivity contribution in [3.05, 3.63) is 187 Å². The molecule has 4 aromatic carbocycles. The van der Waals surface area contributed by atoms with Crippen molar-refractivity contribution < 1.29 is 37.6 Å². The number of hydrogen-bond donors (Lipinski definition) is 6. The molecule has 28 nitrogen and oxygen atoms in total. The minimum Gasteiger partial charge on any atom is -0.507 e. The Morgan fingerprint density at radius 1 is 0.488 bits per heavy atom. The zero-order valence-corrected chi connectivity index (χ0v) is 70.2. The number of aliphatic hydroxyl groups excluding tert-OH is 1. The molecule has 9 N–H and O–H groups in total. The number of anilines is 9. The van der Waals surface area contributed by atoms with Crippen LogP contribution in [0.25, 0.3) is 44.9 Å². The number of pyridine rings is 3. The number of aromatic nitrogens is 9.